The fourth-order valence-electron chi connectivity index (χ4n) is 3.72. The first-order chi connectivity index (χ1) is 13.2. The van der Waals surface area contributed by atoms with E-state index >= 15 is 0 Å². The molecule has 144 valence electrons. The number of quaternary nitrogens is 1. The summed E-state index contributed by atoms with van der Waals surface area (Å²) >= 11 is 0. The van der Waals surface area contributed by atoms with E-state index in [-0.39, 0.29) is 11.8 Å². The van der Waals surface area contributed by atoms with Crippen LogP contribution in [0.15, 0.2) is 48.5 Å². The number of rotatable bonds is 7. The van der Waals surface area contributed by atoms with Crippen molar-refractivity contribution in [1.82, 2.24) is 5.32 Å². The molecule has 0 spiro atoms. The zero-order valence-corrected chi connectivity index (χ0v) is 16.5. The molecule has 27 heavy (non-hydrogen) atoms. The van der Waals surface area contributed by atoms with Gasteiger partial charge in [0.2, 0.25) is 5.91 Å². The van der Waals surface area contributed by atoms with E-state index in [0.717, 1.165) is 43.8 Å². The fraction of sp³-hybridized carbons (Fsp3) is 0.435. The molecule has 0 bridgehead atoms. The van der Waals surface area contributed by atoms with Crippen LogP contribution in [0.3, 0.4) is 0 Å². The summed E-state index contributed by atoms with van der Waals surface area (Å²) in [5.74, 6) is 1.33. The van der Waals surface area contributed by atoms with Crippen molar-refractivity contribution in [1.29, 1.82) is 0 Å². The molecule has 1 aliphatic rings. The molecule has 0 radical (unpaired) electrons. The van der Waals surface area contributed by atoms with Crippen LogP contribution < -0.4 is 15.0 Å². The minimum Gasteiger partial charge on any atom is -0.493 e. The Kier molecular flexibility index (Phi) is 6.88. The lowest BCUT2D eigenvalue weighted by Crippen LogP contribution is -3.11. The number of para-hydroxylation sites is 1. The van der Waals surface area contributed by atoms with E-state index in [1.165, 1.54) is 16.0 Å². The molecule has 3 rings (SSSR count). The molecular formula is C23H31N2O2+. The molecule has 1 heterocycles. The lowest BCUT2D eigenvalue weighted by Gasteiger charge is -2.29. The number of carbonyl (C=O) groups excluding carboxylic acids is 1. The fourth-order valence-corrected chi connectivity index (χ4v) is 3.72. The average molecular weight is 368 g/mol. The number of ether oxygens (including phenoxy) is 1. The smallest absolute Gasteiger partial charge is 0.223 e. The average Bonchev–Trinajstić information content (AvgIpc) is 2.69. The van der Waals surface area contributed by atoms with E-state index in [2.05, 4.69) is 48.6 Å². The van der Waals surface area contributed by atoms with Crippen LogP contribution in [0.5, 0.6) is 5.75 Å². The molecule has 1 amide bonds. The molecule has 2 aromatic rings. The molecule has 0 aliphatic carbocycles. The van der Waals surface area contributed by atoms with E-state index in [4.69, 9.17) is 4.74 Å². The second-order valence-corrected chi connectivity index (χ2v) is 7.45. The van der Waals surface area contributed by atoms with Crippen LogP contribution in [-0.4, -0.2) is 25.6 Å². The van der Waals surface area contributed by atoms with Crippen molar-refractivity contribution in [3.63, 3.8) is 0 Å². The first kappa shape index (κ1) is 19.4. The summed E-state index contributed by atoms with van der Waals surface area (Å²) in [6.45, 7) is 8.43. The molecule has 4 nitrogen and oxygen atoms in total. The number of likely N-dealkylation sites (tertiary alicyclic amines) is 1. The van der Waals surface area contributed by atoms with E-state index < -0.39 is 0 Å². The lowest BCUT2D eigenvalue weighted by molar-refractivity contribution is -0.919. The highest BCUT2D eigenvalue weighted by atomic mass is 16.5. The van der Waals surface area contributed by atoms with E-state index in [1.54, 1.807) is 0 Å². The van der Waals surface area contributed by atoms with Gasteiger partial charge in [-0.3, -0.25) is 4.79 Å². The highest BCUT2D eigenvalue weighted by Gasteiger charge is 2.27. The minimum absolute atomic E-state index is 0.140. The Morgan fingerprint density at radius 3 is 2.52 bits per heavy atom. The summed E-state index contributed by atoms with van der Waals surface area (Å²) in [4.78, 5) is 14.0. The van der Waals surface area contributed by atoms with Gasteiger partial charge in [0.1, 0.15) is 12.3 Å². The van der Waals surface area contributed by atoms with Crippen LogP contribution in [0.4, 0.5) is 0 Å². The normalized spacial score (nSPS) is 19.5. The predicted octanol–water partition coefficient (Wildman–Crippen LogP) is 2.51. The summed E-state index contributed by atoms with van der Waals surface area (Å²) in [6.07, 6.45) is 1.90. The monoisotopic (exact) mass is 367 g/mol. The number of piperidine rings is 1. The molecule has 2 N–H and O–H groups in total. The molecule has 0 saturated carbocycles. The minimum atomic E-state index is 0.140. The summed E-state index contributed by atoms with van der Waals surface area (Å²) in [7, 11) is 0. The molecule has 0 unspecified atom stereocenters. The van der Waals surface area contributed by atoms with Gasteiger partial charge in [0.15, 0.2) is 0 Å². The SMILES string of the molecule is CCOc1ccccc1C[NH+]1CCC(C(=O)NCc2ccc(C)cc2)CC1. The van der Waals surface area contributed by atoms with Crippen molar-refractivity contribution in [3.05, 3.63) is 65.2 Å². The Morgan fingerprint density at radius 1 is 1.11 bits per heavy atom. The number of nitrogens with one attached hydrogen (secondary N) is 2. The number of hydrogen-bond acceptors (Lipinski definition) is 2. The van der Waals surface area contributed by atoms with Gasteiger partial charge in [-0.05, 0) is 31.5 Å². The van der Waals surface area contributed by atoms with Gasteiger partial charge < -0.3 is 15.0 Å². The third kappa shape index (κ3) is 5.57. The van der Waals surface area contributed by atoms with Gasteiger partial charge >= 0.3 is 0 Å². The Labute approximate surface area is 162 Å². The van der Waals surface area contributed by atoms with Gasteiger partial charge in [-0.25, -0.2) is 0 Å². The van der Waals surface area contributed by atoms with E-state index in [9.17, 15) is 4.79 Å². The number of benzene rings is 2. The molecule has 0 aromatic heterocycles. The molecule has 1 fully saturated rings. The zero-order valence-electron chi connectivity index (χ0n) is 16.5. The highest BCUT2D eigenvalue weighted by molar-refractivity contribution is 5.78. The zero-order chi connectivity index (χ0) is 19.1. The maximum atomic E-state index is 12.5. The molecule has 1 saturated heterocycles. The standard InChI is InChI=1S/C23H30N2O2/c1-3-27-22-7-5-4-6-21(22)17-25-14-12-20(13-15-25)23(26)24-16-19-10-8-18(2)9-11-19/h4-11,20H,3,12-17H2,1-2H3,(H,24,26)/p+1. The Hall–Kier alpha value is -2.33. The van der Waals surface area contributed by atoms with Gasteiger partial charge in [0.25, 0.3) is 0 Å². The van der Waals surface area contributed by atoms with Gasteiger partial charge in [-0.1, -0.05) is 42.0 Å². The highest BCUT2D eigenvalue weighted by Crippen LogP contribution is 2.17. The molecule has 4 heteroatoms. The van der Waals surface area contributed by atoms with Crippen molar-refractivity contribution >= 4 is 5.91 Å². The van der Waals surface area contributed by atoms with Crippen LogP contribution in [0.1, 0.15) is 36.5 Å². The molecule has 2 aromatic carbocycles. The topological polar surface area (TPSA) is 42.8 Å². The van der Waals surface area contributed by atoms with Crippen LogP contribution >= 0.6 is 0 Å². The van der Waals surface area contributed by atoms with Gasteiger partial charge in [-0.2, -0.15) is 0 Å². The lowest BCUT2D eigenvalue weighted by atomic mass is 9.95. The Balaban J connectivity index is 1.45. The van der Waals surface area contributed by atoms with Crippen LogP contribution in [0.25, 0.3) is 0 Å². The second-order valence-electron chi connectivity index (χ2n) is 7.45. The van der Waals surface area contributed by atoms with Crippen LogP contribution in [-0.2, 0) is 17.9 Å². The Morgan fingerprint density at radius 2 is 1.81 bits per heavy atom. The third-order valence-corrected chi connectivity index (χ3v) is 5.36. The third-order valence-electron chi connectivity index (χ3n) is 5.36. The number of amides is 1. The second kappa shape index (κ2) is 9.56. The molecule has 1 aliphatic heterocycles. The van der Waals surface area contributed by atoms with Crippen molar-refractivity contribution < 1.29 is 14.4 Å². The largest absolute Gasteiger partial charge is 0.493 e. The maximum Gasteiger partial charge on any atom is 0.223 e. The summed E-state index contributed by atoms with van der Waals surface area (Å²) in [6, 6.07) is 16.6. The maximum absolute atomic E-state index is 12.5. The van der Waals surface area contributed by atoms with Crippen molar-refractivity contribution in [3.8, 4) is 5.75 Å². The first-order valence-electron chi connectivity index (χ1n) is 10.0. The Bertz CT molecular complexity index is 734. The van der Waals surface area contributed by atoms with E-state index in [1.807, 2.05) is 19.1 Å². The number of hydrogen-bond donors (Lipinski definition) is 2. The van der Waals surface area contributed by atoms with Crippen LogP contribution in [0, 0.1) is 12.8 Å². The van der Waals surface area contributed by atoms with Gasteiger partial charge in [0, 0.05) is 30.9 Å². The number of carbonyl (C=O) groups is 1. The van der Waals surface area contributed by atoms with Crippen molar-refractivity contribution in [2.45, 2.75) is 39.8 Å². The van der Waals surface area contributed by atoms with Crippen molar-refractivity contribution in [2.75, 3.05) is 19.7 Å². The molecule has 0 atom stereocenters. The van der Waals surface area contributed by atoms with Crippen LogP contribution in [0.2, 0.25) is 0 Å². The van der Waals surface area contributed by atoms with Gasteiger partial charge in [-0.15, -0.1) is 0 Å². The van der Waals surface area contributed by atoms with E-state index in [0.29, 0.717) is 13.2 Å². The first-order valence-corrected chi connectivity index (χ1v) is 10.0. The summed E-state index contributed by atoms with van der Waals surface area (Å²) in [5, 5.41) is 3.11. The summed E-state index contributed by atoms with van der Waals surface area (Å²) < 4.78 is 5.74. The summed E-state index contributed by atoms with van der Waals surface area (Å²) in [5.41, 5.74) is 3.66. The quantitative estimate of drug-likeness (QED) is 0.790. The molecular weight excluding hydrogens is 336 g/mol. The van der Waals surface area contributed by atoms with Gasteiger partial charge in [0.05, 0.1) is 19.7 Å². The number of aryl methyl sites for hydroxylation is 1. The van der Waals surface area contributed by atoms with Crippen molar-refractivity contribution in [2.24, 2.45) is 5.92 Å². The predicted molar refractivity (Wildman–Crippen MR) is 108 cm³/mol.